The van der Waals surface area contributed by atoms with Gasteiger partial charge in [-0.25, -0.2) is 0 Å². The lowest BCUT2D eigenvalue weighted by atomic mass is 10.1. The zero-order valence-corrected chi connectivity index (χ0v) is 14.3. The molecular weight excluding hydrogens is 334 g/mol. The number of hydrogen-bond donors (Lipinski definition) is 0. The third-order valence-corrected chi connectivity index (χ3v) is 4.95. The van der Waals surface area contributed by atoms with Crippen molar-refractivity contribution < 1.29 is 4.79 Å². The molecule has 2 aromatic rings. The number of carbonyl (C=O) groups excluding carboxylic acids is 1. The van der Waals surface area contributed by atoms with E-state index in [0.717, 1.165) is 15.6 Å². The summed E-state index contributed by atoms with van der Waals surface area (Å²) in [5, 5.41) is 2.04. The molecule has 0 aliphatic carbocycles. The standard InChI is InChI=1S/C16H18BrNOS/c1-11(2)18(10-14-5-4-8-20-14)16(19)13-6-7-15(17)12(3)9-13/h4-9,11H,10H2,1-3H3. The van der Waals surface area contributed by atoms with Gasteiger partial charge in [0.2, 0.25) is 0 Å². The van der Waals surface area contributed by atoms with Gasteiger partial charge in [-0.05, 0) is 56.0 Å². The lowest BCUT2D eigenvalue weighted by Crippen LogP contribution is -2.36. The first-order chi connectivity index (χ1) is 9.49. The fraction of sp³-hybridized carbons (Fsp3) is 0.312. The summed E-state index contributed by atoms with van der Waals surface area (Å²) in [5.74, 6) is 0.0870. The van der Waals surface area contributed by atoms with Crippen LogP contribution < -0.4 is 0 Å². The molecule has 0 bridgehead atoms. The molecular formula is C16H18BrNOS. The van der Waals surface area contributed by atoms with Crippen LogP contribution in [0.3, 0.4) is 0 Å². The van der Waals surface area contributed by atoms with Crippen LogP contribution in [0.15, 0.2) is 40.2 Å². The van der Waals surface area contributed by atoms with Crippen molar-refractivity contribution in [3.05, 3.63) is 56.2 Å². The Balaban J connectivity index is 2.24. The van der Waals surface area contributed by atoms with E-state index in [1.807, 2.05) is 41.5 Å². The highest BCUT2D eigenvalue weighted by atomic mass is 79.9. The van der Waals surface area contributed by atoms with E-state index in [9.17, 15) is 4.79 Å². The van der Waals surface area contributed by atoms with E-state index in [-0.39, 0.29) is 11.9 Å². The van der Waals surface area contributed by atoms with Crippen molar-refractivity contribution in [2.45, 2.75) is 33.4 Å². The maximum absolute atomic E-state index is 12.7. The molecule has 0 fully saturated rings. The van der Waals surface area contributed by atoms with Gasteiger partial charge in [0, 0.05) is 21.0 Å². The highest BCUT2D eigenvalue weighted by Crippen LogP contribution is 2.21. The molecule has 0 spiro atoms. The van der Waals surface area contributed by atoms with Crippen LogP contribution in [0.2, 0.25) is 0 Å². The van der Waals surface area contributed by atoms with Gasteiger partial charge in [0.1, 0.15) is 0 Å². The topological polar surface area (TPSA) is 20.3 Å². The van der Waals surface area contributed by atoms with Crippen LogP contribution in [0.5, 0.6) is 0 Å². The molecule has 0 N–H and O–H groups in total. The molecule has 0 radical (unpaired) electrons. The molecule has 106 valence electrons. The predicted molar refractivity (Wildman–Crippen MR) is 88.2 cm³/mol. The molecule has 0 unspecified atom stereocenters. The molecule has 0 aliphatic heterocycles. The lowest BCUT2D eigenvalue weighted by molar-refractivity contribution is 0.0692. The summed E-state index contributed by atoms with van der Waals surface area (Å²) >= 11 is 5.16. The highest BCUT2D eigenvalue weighted by molar-refractivity contribution is 9.10. The number of amides is 1. The molecule has 0 saturated carbocycles. The number of thiophene rings is 1. The molecule has 1 heterocycles. The monoisotopic (exact) mass is 351 g/mol. The second-order valence-electron chi connectivity index (χ2n) is 5.07. The van der Waals surface area contributed by atoms with E-state index in [0.29, 0.717) is 6.54 Å². The minimum Gasteiger partial charge on any atom is -0.331 e. The maximum Gasteiger partial charge on any atom is 0.254 e. The van der Waals surface area contributed by atoms with E-state index >= 15 is 0 Å². The Morgan fingerprint density at radius 3 is 2.65 bits per heavy atom. The normalized spacial score (nSPS) is 10.8. The Kier molecular flexibility index (Phi) is 5.00. The molecule has 1 amide bonds. The summed E-state index contributed by atoms with van der Waals surface area (Å²) in [7, 11) is 0. The molecule has 2 rings (SSSR count). The van der Waals surface area contributed by atoms with Gasteiger partial charge in [0.05, 0.1) is 6.54 Å². The average Bonchev–Trinajstić information content (AvgIpc) is 2.91. The van der Waals surface area contributed by atoms with Gasteiger partial charge in [0.25, 0.3) is 5.91 Å². The van der Waals surface area contributed by atoms with E-state index < -0.39 is 0 Å². The van der Waals surface area contributed by atoms with Gasteiger partial charge >= 0.3 is 0 Å². The van der Waals surface area contributed by atoms with Gasteiger partial charge in [0.15, 0.2) is 0 Å². The summed E-state index contributed by atoms with van der Waals surface area (Å²) in [6.45, 7) is 6.78. The van der Waals surface area contributed by atoms with Crippen LogP contribution in [0, 0.1) is 6.92 Å². The van der Waals surface area contributed by atoms with Crippen molar-refractivity contribution in [1.29, 1.82) is 0 Å². The van der Waals surface area contributed by atoms with Gasteiger partial charge in [-0.1, -0.05) is 22.0 Å². The molecule has 20 heavy (non-hydrogen) atoms. The Hall–Kier alpha value is -1.13. The lowest BCUT2D eigenvalue weighted by Gasteiger charge is -2.26. The number of hydrogen-bond acceptors (Lipinski definition) is 2. The molecule has 0 atom stereocenters. The first kappa shape index (κ1) is 15.3. The van der Waals surface area contributed by atoms with Crippen molar-refractivity contribution in [1.82, 2.24) is 4.90 Å². The van der Waals surface area contributed by atoms with Crippen molar-refractivity contribution in [2.75, 3.05) is 0 Å². The number of nitrogens with zero attached hydrogens (tertiary/aromatic N) is 1. The second-order valence-corrected chi connectivity index (χ2v) is 6.96. The summed E-state index contributed by atoms with van der Waals surface area (Å²) in [6.07, 6.45) is 0. The van der Waals surface area contributed by atoms with Crippen LogP contribution in [-0.4, -0.2) is 16.8 Å². The predicted octanol–water partition coefficient (Wildman–Crippen LogP) is 4.87. The highest BCUT2D eigenvalue weighted by Gasteiger charge is 2.19. The van der Waals surface area contributed by atoms with Crippen LogP contribution in [0.25, 0.3) is 0 Å². The van der Waals surface area contributed by atoms with Gasteiger partial charge in [-0.3, -0.25) is 4.79 Å². The van der Waals surface area contributed by atoms with Gasteiger partial charge < -0.3 is 4.90 Å². The smallest absolute Gasteiger partial charge is 0.254 e. The summed E-state index contributed by atoms with van der Waals surface area (Å²) in [6, 6.07) is 10.0. The second kappa shape index (κ2) is 6.55. The van der Waals surface area contributed by atoms with Crippen molar-refractivity contribution in [3.63, 3.8) is 0 Å². The van der Waals surface area contributed by atoms with E-state index in [2.05, 4.69) is 35.8 Å². The van der Waals surface area contributed by atoms with E-state index in [1.165, 1.54) is 4.88 Å². The van der Waals surface area contributed by atoms with Gasteiger partial charge in [-0.2, -0.15) is 0 Å². The fourth-order valence-corrected chi connectivity index (χ4v) is 2.95. The summed E-state index contributed by atoms with van der Waals surface area (Å²) in [4.78, 5) is 15.8. The largest absolute Gasteiger partial charge is 0.331 e. The molecule has 1 aromatic carbocycles. The number of halogens is 1. The quantitative estimate of drug-likeness (QED) is 0.769. The number of aryl methyl sites for hydroxylation is 1. The Labute approximate surface area is 132 Å². The van der Waals surface area contributed by atoms with E-state index in [1.54, 1.807) is 11.3 Å². The minimum atomic E-state index is 0.0870. The third kappa shape index (κ3) is 3.49. The van der Waals surface area contributed by atoms with Crippen LogP contribution >= 0.6 is 27.3 Å². The van der Waals surface area contributed by atoms with Crippen molar-refractivity contribution in [2.24, 2.45) is 0 Å². The summed E-state index contributed by atoms with van der Waals surface area (Å²) < 4.78 is 1.03. The zero-order chi connectivity index (χ0) is 14.7. The molecule has 4 heteroatoms. The first-order valence-electron chi connectivity index (χ1n) is 6.58. The Morgan fingerprint density at radius 1 is 1.35 bits per heavy atom. The van der Waals surface area contributed by atoms with E-state index in [4.69, 9.17) is 0 Å². The molecule has 1 aromatic heterocycles. The molecule has 2 nitrogen and oxygen atoms in total. The Morgan fingerprint density at radius 2 is 2.10 bits per heavy atom. The number of benzene rings is 1. The van der Waals surface area contributed by atoms with Gasteiger partial charge in [-0.15, -0.1) is 11.3 Å². The van der Waals surface area contributed by atoms with Crippen molar-refractivity contribution in [3.8, 4) is 0 Å². The van der Waals surface area contributed by atoms with Crippen molar-refractivity contribution >= 4 is 33.2 Å². The SMILES string of the molecule is Cc1cc(C(=O)N(Cc2cccs2)C(C)C)ccc1Br. The molecule has 0 saturated heterocycles. The van der Waals surface area contributed by atoms with Crippen LogP contribution in [-0.2, 0) is 6.54 Å². The maximum atomic E-state index is 12.7. The Bertz CT molecular complexity index is 593. The molecule has 0 aliphatic rings. The summed E-state index contributed by atoms with van der Waals surface area (Å²) in [5.41, 5.74) is 1.83. The first-order valence-corrected chi connectivity index (χ1v) is 8.26. The minimum absolute atomic E-state index is 0.0870. The average molecular weight is 352 g/mol. The number of carbonyl (C=O) groups is 1. The zero-order valence-electron chi connectivity index (χ0n) is 11.9. The van der Waals surface area contributed by atoms with Crippen LogP contribution in [0.4, 0.5) is 0 Å². The van der Waals surface area contributed by atoms with Crippen LogP contribution in [0.1, 0.15) is 34.6 Å². The fourth-order valence-electron chi connectivity index (χ4n) is 2.00. The number of rotatable bonds is 4. The third-order valence-electron chi connectivity index (χ3n) is 3.20.